The lowest BCUT2D eigenvalue weighted by atomic mass is 10.1. The molecule has 0 bridgehead atoms. The van der Waals surface area contributed by atoms with Crippen molar-refractivity contribution >= 4 is 23.2 Å². The Bertz CT molecular complexity index is 543. The molecule has 1 aliphatic heterocycles. The van der Waals surface area contributed by atoms with Crippen LogP contribution in [0.15, 0.2) is 24.3 Å². The lowest BCUT2D eigenvalue weighted by Crippen LogP contribution is -2.53. The Kier molecular flexibility index (Phi) is 6.12. The van der Waals surface area contributed by atoms with Crippen LogP contribution in [-0.2, 0) is 14.3 Å². The largest absolute Gasteiger partial charge is 0.375 e. The van der Waals surface area contributed by atoms with Crippen LogP contribution in [0.25, 0.3) is 0 Å². The molecule has 0 saturated carbocycles. The van der Waals surface area contributed by atoms with Crippen LogP contribution in [0.1, 0.15) is 27.2 Å². The number of carbonyl (C=O) groups is 2. The molecule has 0 aliphatic carbocycles. The Morgan fingerprint density at radius 2 is 1.83 bits per heavy atom. The second-order valence-corrected chi connectivity index (χ2v) is 6.22. The zero-order valence-electron chi connectivity index (χ0n) is 13.9. The van der Waals surface area contributed by atoms with E-state index in [1.54, 1.807) is 24.3 Å². The SMILES string of the molecule is CC(C)CC(=O)Nc1ccc(NC(=O)[C@H]2NCCO[C@@H]2C)cc1. The predicted molar refractivity (Wildman–Crippen MR) is 90.4 cm³/mol. The molecule has 0 radical (unpaired) electrons. The van der Waals surface area contributed by atoms with Gasteiger partial charge in [0, 0.05) is 24.3 Å². The van der Waals surface area contributed by atoms with Gasteiger partial charge in [0.2, 0.25) is 11.8 Å². The highest BCUT2D eigenvalue weighted by atomic mass is 16.5. The van der Waals surface area contributed by atoms with Crippen molar-refractivity contribution in [1.29, 1.82) is 0 Å². The van der Waals surface area contributed by atoms with Gasteiger partial charge in [-0.2, -0.15) is 0 Å². The molecule has 2 amide bonds. The number of rotatable bonds is 5. The van der Waals surface area contributed by atoms with E-state index in [-0.39, 0.29) is 24.0 Å². The van der Waals surface area contributed by atoms with Crippen molar-refractivity contribution in [3.8, 4) is 0 Å². The van der Waals surface area contributed by atoms with Gasteiger partial charge in [-0.05, 0) is 37.1 Å². The number of hydrogen-bond acceptors (Lipinski definition) is 4. The van der Waals surface area contributed by atoms with Crippen LogP contribution < -0.4 is 16.0 Å². The summed E-state index contributed by atoms with van der Waals surface area (Å²) < 4.78 is 5.47. The van der Waals surface area contributed by atoms with Gasteiger partial charge < -0.3 is 20.7 Å². The van der Waals surface area contributed by atoms with Gasteiger partial charge >= 0.3 is 0 Å². The molecule has 6 nitrogen and oxygen atoms in total. The Hall–Kier alpha value is -1.92. The Morgan fingerprint density at radius 1 is 1.22 bits per heavy atom. The summed E-state index contributed by atoms with van der Waals surface area (Å²) in [4.78, 5) is 24.0. The Labute approximate surface area is 137 Å². The highest BCUT2D eigenvalue weighted by molar-refractivity contribution is 5.96. The normalized spacial score (nSPS) is 21.0. The summed E-state index contributed by atoms with van der Waals surface area (Å²) in [6, 6.07) is 6.76. The maximum Gasteiger partial charge on any atom is 0.244 e. The number of hydrogen-bond donors (Lipinski definition) is 3. The lowest BCUT2D eigenvalue weighted by molar-refractivity contribution is -0.123. The fourth-order valence-corrected chi connectivity index (χ4v) is 2.47. The summed E-state index contributed by atoms with van der Waals surface area (Å²) in [5.41, 5.74) is 1.41. The van der Waals surface area contributed by atoms with Crippen LogP contribution in [-0.4, -0.2) is 37.1 Å². The van der Waals surface area contributed by atoms with E-state index in [1.165, 1.54) is 0 Å². The quantitative estimate of drug-likeness (QED) is 0.775. The third-order valence-corrected chi connectivity index (χ3v) is 3.63. The maximum absolute atomic E-state index is 12.2. The summed E-state index contributed by atoms with van der Waals surface area (Å²) in [6.45, 7) is 7.17. The molecule has 0 aromatic heterocycles. The summed E-state index contributed by atoms with van der Waals surface area (Å²) in [5.74, 6) is 0.198. The summed E-state index contributed by atoms with van der Waals surface area (Å²) in [7, 11) is 0. The average molecular weight is 319 g/mol. The molecule has 3 N–H and O–H groups in total. The zero-order chi connectivity index (χ0) is 16.8. The van der Waals surface area contributed by atoms with Crippen molar-refractivity contribution < 1.29 is 14.3 Å². The Balaban J connectivity index is 1.89. The van der Waals surface area contributed by atoms with Gasteiger partial charge in [-0.3, -0.25) is 9.59 Å². The van der Waals surface area contributed by atoms with Crippen LogP contribution in [0.2, 0.25) is 0 Å². The molecule has 2 rings (SSSR count). The number of amides is 2. The lowest BCUT2D eigenvalue weighted by Gasteiger charge is -2.29. The number of benzene rings is 1. The molecule has 1 aromatic rings. The number of ether oxygens (including phenoxy) is 1. The van der Waals surface area contributed by atoms with Gasteiger partial charge in [0.15, 0.2) is 0 Å². The molecule has 1 fully saturated rings. The molecule has 2 atom stereocenters. The first-order valence-corrected chi connectivity index (χ1v) is 8.01. The number of nitrogens with one attached hydrogen (secondary N) is 3. The summed E-state index contributed by atoms with van der Waals surface area (Å²) in [5, 5.41) is 8.85. The first-order chi connectivity index (χ1) is 11.0. The highest BCUT2D eigenvalue weighted by Crippen LogP contribution is 2.15. The van der Waals surface area contributed by atoms with Crippen LogP contribution in [0.5, 0.6) is 0 Å². The minimum absolute atomic E-state index is 0.00540. The van der Waals surface area contributed by atoms with Gasteiger partial charge in [-0.1, -0.05) is 13.8 Å². The molecule has 0 unspecified atom stereocenters. The molecular weight excluding hydrogens is 294 g/mol. The van der Waals surface area contributed by atoms with Gasteiger partial charge in [0.1, 0.15) is 6.04 Å². The predicted octanol–water partition coefficient (Wildman–Crippen LogP) is 1.99. The molecule has 1 heterocycles. The smallest absolute Gasteiger partial charge is 0.244 e. The van der Waals surface area contributed by atoms with Crippen LogP contribution >= 0.6 is 0 Å². The van der Waals surface area contributed by atoms with Crippen molar-refractivity contribution in [2.75, 3.05) is 23.8 Å². The first kappa shape index (κ1) is 17.4. The van der Waals surface area contributed by atoms with E-state index in [9.17, 15) is 9.59 Å². The van der Waals surface area contributed by atoms with E-state index < -0.39 is 0 Å². The zero-order valence-corrected chi connectivity index (χ0v) is 13.9. The van der Waals surface area contributed by atoms with Crippen molar-refractivity contribution in [2.24, 2.45) is 5.92 Å². The minimum Gasteiger partial charge on any atom is -0.375 e. The van der Waals surface area contributed by atoms with Crippen LogP contribution in [0.3, 0.4) is 0 Å². The topological polar surface area (TPSA) is 79.5 Å². The van der Waals surface area contributed by atoms with Crippen molar-refractivity contribution in [3.63, 3.8) is 0 Å². The van der Waals surface area contributed by atoms with Crippen LogP contribution in [0.4, 0.5) is 11.4 Å². The van der Waals surface area contributed by atoms with E-state index >= 15 is 0 Å². The third kappa shape index (κ3) is 5.33. The Morgan fingerprint density at radius 3 is 2.39 bits per heavy atom. The molecule has 23 heavy (non-hydrogen) atoms. The molecule has 126 valence electrons. The second-order valence-electron chi connectivity index (χ2n) is 6.22. The molecule has 1 saturated heterocycles. The third-order valence-electron chi connectivity index (χ3n) is 3.63. The fourth-order valence-electron chi connectivity index (χ4n) is 2.47. The van der Waals surface area contributed by atoms with Gasteiger partial charge in [0.05, 0.1) is 12.7 Å². The molecule has 0 spiro atoms. The van der Waals surface area contributed by atoms with Gasteiger partial charge in [0.25, 0.3) is 0 Å². The molecule has 1 aliphatic rings. The standard InChI is InChI=1S/C17H25N3O3/c1-11(2)10-15(21)19-13-4-6-14(7-5-13)20-17(22)16-12(3)23-9-8-18-16/h4-7,11-12,16,18H,8-10H2,1-3H3,(H,19,21)(H,20,22)/t12-,16+/m1/s1. The van der Waals surface area contributed by atoms with E-state index in [4.69, 9.17) is 4.74 Å². The van der Waals surface area contributed by atoms with E-state index in [2.05, 4.69) is 16.0 Å². The van der Waals surface area contributed by atoms with Gasteiger partial charge in [-0.25, -0.2) is 0 Å². The number of anilines is 2. The van der Waals surface area contributed by atoms with Crippen molar-refractivity contribution in [2.45, 2.75) is 39.3 Å². The number of morpholine rings is 1. The molecular formula is C17H25N3O3. The average Bonchev–Trinajstić information content (AvgIpc) is 2.48. The van der Waals surface area contributed by atoms with Crippen molar-refractivity contribution in [1.82, 2.24) is 5.32 Å². The fraction of sp³-hybridized carbons (Fsp3) is 0.529. The number of carbonyl (C=O) groups excluding carboxylic acids is 2. The van der Waals surface area contributed by atoms with E-state index in [0.717, 1.165) is 5.69 Å². The minimum atomic E-state index is -0.353. The molecule has 1 aromatic carbocycles. The van der Waals surface area contributed by atoms with Crippen molar-refractivity contribution in [3.05, 3.63) is 24.3 Å². The van der Waals surface area contributed by atoms with E-state index in [1.807, 2.05) is 20.8 Å². The molecule has 6 heteroatoms. The summed E-state index contributed by atoms with van der Waals surface area (Å²) in [6.07, 6.45) is 0.335. The first-order valence-electron chi connectivity index (χ1n) is 8.01. The monoisotopic (exact) mass is 319 g/mol. The van der Waals surface area contributed by atoms with Crippen LogP contribution in [0, 0.1) is 5.92 Å². The second kappa shape index (κ2) is 8.08. The van der Waals surface area contributed by atoms with Gasteiger partial charge in [-0.15, -0.1) is 0 Å². The summed E-state index contributed by atoms with van der Waals surface area (Å²) >= 11 is 0. The maximum atomic E-state index is 12.2. The van der Waals surface area contributed by atoms with E-state index in [0.29, 0.717) is 31.2 Å². The highest BCUT2D eigenvalue weighted by Gasteiger charge is 2.28.